The van der Waals surface area contributed by atoms with Crippen LogP contribution in [0.5, 0.6) is 5.75 Å². The number of ether oxygens (including phenoxy) is 1. The average Bonchev–Trinajstić information content (AvgIpc) is 2.46. The highest BCUT2D eigenvalue weighted by Gasteiger charge is 2.13. The Morgan fingerprint density at radius 1 is 1.21 bits per heavy atom. The maximum atomic E-state index is 5.73. The van der Waals surface area contributed by atoms with Gasteiger partial charge in [-0.3, -0.25) is 9.97 Å². The molecule has 0 saturated heterocycles. The summed E-state index contributed by atoms with van der Waals surface area (Å²) in [5.74, 6) is 1.24. The molecule has 0 aliphatic carbocycles. The Bertz CT molecular complexity index is 567. The summed E-state index contributed by atoms with van der Waals surface area (Å²) in [5, 5.41) is 0. The number of nitrogens with zero attached hydrogens (tertiary/aromatic N) is 2. The third kappa shape index (κ3) is 2.74. The molecule has 0 unspecified atom stereocenters. The van der Waals surface area contributed by atoms with Gasteiger partial charge in [-0.2, -0.15) is 0 Å². The van der Waals surface area contributed by atoms with Gasteiger partial charge in [-0.1, -0.05) is 19.9 Å². The Kier molecular flexibility index (Phi) is 4.12. The molecule has 2 N–H and O–H groups in total. The van der Waals surface area contributed by atoms with E-state index in [9.17, 15) is 0 Å². The summed E-state index contributed by atoms with van der Waals surface area (Å²) in [7, 11) is 1.66. The van der Waals surface area contributed by atoms with Crippen LogP contribution in [0.2, 0.25) is 0 Å². The van der Waals surface area contributed by atoms with E-state index < -0.39 is 0 Å². The van der Waals surface area contributed by atoms with Crippen molar-refractivity contribution in [1.82, 2.24) is 9.97 Å². The Morgan fingerprint density at radius 3 is 2.58 bits per heavy atom. The van der Waals surface area contributed by atoms with E-state index in [1.54, 1.807) is 19.5 Å². The van der Waals surface area contributed by atoms with Gasteiger partial charge in [0.15, 0.2) is 0 Å². The lowest BCUT2D eigenvalue weighted by Crippen LogP contribution is -2.04. The van der Waals surface area contributed by atoms with Gasteiger partial charge >= 0.3 is 0 Å². The highest BCUT2D eigenvalue weighted by Crippen LogP contribution is 2.32. The van der Waals surface area contributed by atoms with Crippen molar-refractivity contribution in [3.8, 4) is 17.0 Å². The van der Waals surface area contributed by atoms with E-state index in [4.69, 9.17) is 10.5 Å². The van der Waals surface area contributed by atoms with Crippen LogP contribution in [0.4, 0.5) is 0 Å². The Morgan fingerprint density at radius 2 is 1.95 bits per heavy atom. The summed E-state index contributed by atoms with van der Waals surface area (Å²) >= 11 is 0. The summed E-state index contributed by atoms with van der Waals surface area (Å²) in [6.45, 7) is 4.68. The average molecular weight is 257 g/mol. The maximum absolute atomic E-state index is 5.73. The van der Waals surface area contributed by atoms with Crippen LogP contribution < -0.4 is 10.5 Å². The van der Waals surface area contributed by atoms with Crippen molar-refractivity contribution in [1.29, 1.82) is 0 Å². The van der Waals surface area contributed by atoms with E-state index in [0.29, 0.717) is 12.5 Å². The Balaban J connectivity index is 2.61. The molecule has 0 atom stereocenters. The molecule has 0 amide bonds. The molecule has 4 heteroatoms. The van der Waals surface area contributed by atoms with Gasteiger partial charge in [-0.15, -0.1) is 0 Å². The quantitative estimate of drug-likeness (QED) is 0.914. The van der Waals surface area contributed by atoms with Gasteiger partial charge in [-0.25, -0.2) is 0 Å². The van der Waals surface area contributed by atoms with E-state index in [0.717, 1.165) is 22.7 Å². The third-order valence-electron chi connectivity index (χ3n) is 3.11. The summed E-state index contributed by atoms with van der Waals surface area (Å²) in [6.07, 6.45) is 3.33. The van der Waals surface area contributed by atoms with Gasteiger partial charge in [0, 0.05) is 24.5 Å². The number of nitrogens with two attached hydrogens (primary N) is 1. The van der Waals surface area contributed by atoms with Crippen LogP contribution in [0.3, 0.4) is 0 Å². The lowest BCUT2D eigenvalue weighted by atomic mass is 9.98. The zero-order valence-electron chi connectivity index (χ0n) is 11.6. The highest BCUT2D eigenvalue weighted by molar-refractivity contribution is 5.70. The predicted octanol–water partition coefficient (Wildman–Crippen LogP) is 2.73. The zero-order valence-corrected chi connectivity index (χ0v) is 11.6. The minimum atomic E-state index is 0.359. The molecule has 1 aromatic heterocycles. The molecular weight excluding hydrogens is 238 g/mol. The SMILES string of the molecule is COc1ccc(C(C)C)cc1-c1nccnc1CN. The highest BCUT2D eigenvalue weighted by atomic mass is 16.5. The standard InChI is InChI=1S/C15H19N3O/c1-10(2)11-4-5-14(19-3)12(8-11)15-13(9-16)17-6-7-18-15/h4-8,10H,9,16H2,1-3H3. The zero-order chi connectivity index (χ0) is 13.8. The lowest BCUT2D eigenvalue weighted by molar-refractivity contribution is 0.416. The topological polar surface area (TPSA) is 61.0 Å². The fraction of sp³-hybridized carbons (Fsp3) is 0.333. The van der Waals surface area contributed by atoms with E-state index in [-0.39, 0.29) is 0 Å². The first-order valence-electron chi connectivity index (χ1n) is 6.35. The van der Waals surface area contributed by atoms with Crippen molar-refractivity contribution in [2.75, 3.05) is 7.11 Å². The normalized spacial score (nSPS) is 10.8. The van der Waals surface area contributed by atoms with E-state index in [1.165, 1.54) is 5.56 Å². The van der Waals surface area contributed by atoms with Crippen molar-refractivity contribution in [2.45, 2.75) is 26.3 Å². The number of hydrogen-bond acceptors (Lipinski definition) is 4. The predicted molar refractivity (Wildman–Crippen MR) is 76.0 cm³/mol. The lowest BCUT2D eigenvalue weighted by Gasteiger charge is -2.13. The van der Waals surface area contributed by atoms with Crippen LogP contribution in [0.15, 0.2) is 30.6 Å². The minimum Gasteiger partial charge on any atom is -0.496 e. The molecule has 0 bridgehead atoms. The first-order chi connectivity index (χ1) is 9.17. The van der Waals surface area contributed by atoms with Crippen LogP contribution >= 0.6 is 0 Å². The van der Waals surface area contributed by atoms with Gasteiger partial charge < -0.3 is 10.5 Å². The minimum absolute atomic E-state index is 0.359. The first kappa shape index (κ1) is 13.5. The molecule has 0 aliphatic rings. The molecule has 0 aliphatic heterocycles. The number of methoxy groups -OCH3 is 1. The molecule has 2 rings (SSSR count). The molecular formula is C15H19N3O. The van der Waals surface area contributed by atoms with E-state index >= 15 is 0 Å². The molecule has 4 nitrogen and oxygen atoms in total. The fourth-order valence-electron chi connectivity index (χ4n) is 2.01. The molecule has 2 aromatic rings. The van der Waals surface area contributed by atoms with E-state index in [1.807, 2.05) is 6.07 Å². The molecule has 0 fully saturated rings. The van der Waals surface area contributed by atoms with Crippen molar-refractivity contribution in [3.63, 3.8) is 0 Å². The Labute approximate surface area is 113 Å². The maximum Gasteiger partial charge on any atom is 0.128 e. The van der Waals surface area contributed by atoms with Gasteiger partial charge in [-0.05, 0) is 23.6 Å². The Hall–Kier alpha value is -1.94. The van der Waals surface area contributed by atoms with Crippen molar-refractivity contribution >= 4 is 0 Å². The molecule has 19 heavy (non-hydrogen) atoms. The molecule has 1 heterocycles. The summed E-state index contributed by atoms with van der Waals surface area (Å²) in [4.78, 5) is 8.69. The van der Waals surface area contributed by atoms with Gasteiger partial charge in [0.05, 0.1) is 18.5 Å². The third-order valence-corrected chi connectivity index (χ3v) is 3.11. The van der Waals surface area contributed by atoms with Gasteiger partial charge in [0.2, 0.25) is 0 Å². The summed E-state index contributed by atoms with van der Waals surface area (Å²) < 4.78 is 5.43. The largest absolute Gasteiger partial charge is 0.496 e. The van der Waals surface area contributed by atoms with Gasteiger partial charge in [0.1, 0.15) is 5.75 Å². The van der Waals surface area contributed by atoms with Crippen LogP contribution in [0.1, 0.15) is 31.0 Å². The second-order valence-corrected chi connectivity index (χ2v) is 4.67. The van der Waals surface area contributed by atoms with Crippen LogP contribution in [0.25, 0.3) is 11.3 Å². The molecule has 0 radical (unpaired) electrons. The molecule has 0 spiro atoms. The van der Waals surface area contributed by atoms with Crippen molar-refractivity contribution < 1.29 is 4.74 Å². The van der Waals surface area contributed by atoms with Crippen LogP contribution in [-0.2, 0) is 6.54 Å². The second kappa shape index (κ2) is 5.80. The van der Waals surface area contributed by atoms with Crippen molar-refractivity contribution in [3.05, 3.63) is 41.9 Å². The first-order valence-corrected chi connectivity index (χ1v) is 6.35. The number of rotatable bonds is 4. The number of aromatic nitrogens is 2. The van der Waals surface area contributed by atoms with E-state index in [2.05, 4.69) is 35.9 Å². The smallest absolute Gasteiger partial charge is 0.128 e. The molecule has 0 saturated carbocycles. The molecule has 100 valence electrons. The second-order valence-electron chi connectivity index (χ2n) is 4.67. The summed E-state index contributed by atoms with van der Waals surface area (Å²) in [5.41, 5.74) is 9.50. The van der Waals surface area contributed by atoms with Gasteiger partial charge in [0.25, 0.3) is 0 Å². The molecule has 1 aromatic carbocycles. The van der Waals surface area contributed by atoms with Crippen LogP contribution in [0, 0.1) is 0 Å². The number of hydrogen-bond donors (Lipinski definition) is 1. The van der Waals surface area contributed by atoms with Crippen molar-refractivity contribution in [2.24, 2.45) is 5.73 Å². The fourth-order valence-corrected chi connectivity index (χ4v) is 2.01. The summed E-state index contributed by atoms with van der Waals surface area (Å²) in [6, 6.07) is 6.15. The monoisotopic (exact) mass is 257 g/mol. The van der Waals surface area contributed by atoms with Crippen LogP contribution in [-0.4, -0.2) is 17.1 Å². The number of benzene rings is 1.